The van der Waals surface area contributed by atoms with Gasteiger partial charge in [-0.2, -0.15) is 0 Å². The number of hydrogen-bond donors (Lipinski definition) is 1. The molecule has 0 aliphatic heterocycles. The minimum absolute atomic E-state index is 0.0913. The van der Waals surface area contributed by atoms with E-state index in [-0.39, 0.29) is 11.7 Å². The summed E-state index contributed by atoms with van der Waals surface area (Å²) >= 11 is 1.08. The van der Waals surface area contributed by atoms with Gasteiger partial charge in [-0.1, -0.05) is 11.8 Å². The van der Waals surface area contributed by atoms with Crippen molar-refractivity contribution in [2.75, 3.05) is 12.4 Å². The summed E-state index contributed by atoms with van der Waals surface area (Å²) in [6.07, 6.45) is 1.61. The van der Waals surface area contributed by atoms with Gasteiger partial charge in [-0.3, -0.25) is 4.79 Å². The fourth-order valence-electron chi connectivity index (χ4n) is 1.50. The molecule has 1 unspecified atom stereocenters. The Morgan fingerprint density at radius 3 is 2.83 bits per heavy atom. The molecule has 0 amide bonds. The highest BCUT2D eigenvalue weighted by atomic mass is 32.2. The first-order valence-corrected chi connectivity index (χ1v) is 6.51. The van der Waals surface area contributed by atoms with Crippen molar-refractivity contribution in [3.05, 3.63) is 11.9 Å². The van der Waals surface area contributed by atoms with Crippen molar-refractivity contribution in [2.45, 2.75) is 32.0 Å². The first-order valence-electron chi connectivity index (χ1n) is 5.52. The van der Waals surface area contributed by atoms with E-state index in [1.54, 1.807) is 24.6 Å². The standard InChI is InChI=1S/C11H16N2O4S/c1-4-17-10(16)8(3)13-7(2)5-12-11(13)18-6-9(14)15/h5,8H,4,6H2,1-3H3,(H,14,15). The number of carbonyl (C=O) groups excluding carboxylic acids is 1. The van der Waals surface area contributed by atoms with Gasteiger partial charge in [0.2, 0.25) is 0 Å². The van der Waals surface area contributed by atoms with Crippen LogP contribution in [0.15, 0.2) is 11.4 Å². The van der Waals surface area contributed by atoms with Crippen LogP contribution in [0.5, 0.6) is 0 Å². The molecule has 0 saturated carbocycles. The number of rotatable bonds is 6. The number of aliphatic carboxylic acids is 1. The highest BCUT2D eigenvalue weighted by Crippen LogP contribution is 2.23. The van der Waals surface area contributed by atoms with E-state index in [1.807, 2.05) is 6.92 Å². The van der Waals surface area contributed by atoms with E-state index in [2.05, 4.69) is 4.98 Å². The molecule has 0 aliphatic rings. The molecule has 1 N–H and O–H groups in total. The zero-order valence-corrected chi connectivity index (χ0v) is 11.4. The van der Waals surface area contributed by atoms with Gasteiger partial charge in [-0.15, -0.1) is 0 Å². The van der Waals surface area contributed by atoms with E-state index in [9.17, 15) is 9.59 Å². The Balaban J connectivity index is 2.89. The van der Waals surface area contributed by atoms with Gasteiger partial charge in [0.1, 0.15) is 6.04 Å². The Labute approximate surface area is 109 Å². The molecule has 1 heterocycles. The van der Waals surface area contributed by atoms with E-state index >= 15 is 0 Å². The van der Waals surface area contributed by atoms with E-state index in [0.717, 1.165) is 17.5 Å². The van der Waals surface area contributed by atoms with Crippen LogP contribution in [0, 0.1) is 6.92 Å². The van der Waals surface area contributed by atoms with E-state index in [4.69, 9.17) is 9.84 Å². The second kappa shape index (κ2) is 6.44. The number of imidazole rings is 1. The van der Waals surface area contributed by atoms with Crippen LogP contribution in [0.25, 0.3) is 0 Å². The molecule has 100 valence electrons. The zero-order valence-electron chi connectivity index (χ0n) is 10.5. The lowest BCUT2D eigenvalue weighted by molar-refractivity contribution is -0.146. The quantitative estimate of drug-likeness (QED) is 0.624. The number of hydrogen-bond acceptors (Lipinski definition) is 5. The van der Waals surface area contributed by atoms with Crippen LogP contribution in [0.4, 0.5) is 0 Å². The monoisotopic (exact) mass is 272 g/mol. The van der Waals surface area contributed by atoms with Gasteiger partial charge in [-0.05, 0) is 20.8 Å². The maximum absolute atomic E-state index is 11.7. The van der Waals surface area contributed by atoms with Gasteiger partial charge < -0.3 is 14.4 Å². The molecule has 1 aromatic rings. The number of carboxylic acids is 1. The van der Waals surface area contributed by atoms with Crippen molar-refractivity contribution in [3.63, 3.8) is 0 Å². The fourth-order valence-corrected chi connectivity index (χ4v) is 2.32. The van der Waals surface area contributed by atoms with Crippen LogP contribution >= 0.6 is 11.8 Å². The van der Waals surface area contributed by atoms with Crippen LogP contribution in [0.1, 0.15) is 25.6 Å². The molecule has 0 aliphatic carbocycles. The lowest BCUT2D eigenvalue weighted by atomic mass is 10.3. The van der Waals surface area contributed by atoms with E-state index in [0.29, 0.717) is 11.8 Å². The van der Waals surface area contributed by atoms with Crippen LogP contribution < -0.4 is 0 Å². The maximum atomic E-state index is 11.7. The molecule has 1 rings (SSSR count). The number of aryl methyl sites for hydroxylation is 1. The predicted octanol–water partition coefficient (Wildman–Crippen LogP) is 1.49. The summed E-state index contributed by atoms with van der Waals surface area (Å²) in [5, 5.41) is 9.16. The van der Waals surface area contributed by atoms with E-state index < -0.39 is 12.0 Å². The minimum Gasteiger partial charge on any atom is -0.481 e. The van der Waals surface area contributed by atoms with Crippen LogP contribution in [-0.4, -0.2) is 39.0 Å². The van der Waals surface area contributed by atoms with Crippen molar-refractivity contribution >= 4 is 23.7 Å². The van der Waals surface area contributed by atoms with Gasteiger partial charge in [0.25, 0.3) is 0 Å². The molecular weight excluding hydrogens is 256 g/mol. The van der Waals surface area contributed by atoms with Gasteiger partial charge in [-0.25, -0.2) is 9.78 Å². The Kier molecular flexibility index (Phi) is 5.21. The lowest BCUT2D eigenvalue weighted by Gasteiger charge is -2.16. The molecule has 0 fully saturated rings. The Morgan fingerprint density at radius 1 is 1.61 bits per heavy atom. The summed E-state index contributed by atoms with van der Waals surface area (Å²) < 4.78 is 6.64. The second-order valence-corrected chi connectivity index (χ2v) is 4.61. The Hall–Kier alpha value is -1.50. The number of carboxylic acid groups (broad SMARTS) is 1. The third-order valence-corrected chi connectivity index (χ3v) is 3.24. The summed E-state index contributed by atoms with van der Waals surface area (Å²) in [6, 6.07) is -0.510. The Bertz CT molecular complexity index is 444. The van der Waals surface area contributed by atoms with Crippen molar-refractivity contribution in [3.8, 4) is 0 Å². The summed E-state index contributed by atoms with van der Waals surface area (Å²) in [6.45, 7) is 5.57. The largest absolute Gasteiger partial charge is 0.481 e. The molecule has 6 nitrogen and oxygen atoms in total. The normalized spacial score (nSPS) is 12.2. The van der Waals surface area contributed by atoms with Crippen molar-refractivity contribution in [1.82, 2.24) is 9.55 Å². The molecular formula is C11H16N2O4S. The third kappa shape index (κ3) is 3.49. The van der Waals surface area contributed by atoms with E-state index in [1.165, 1.54) is 0 Å². The number of thioether (sulfide) groups is 1. The molecule has 7 heteroatoms. The predicted molar refractivity (Wildman–Crippen MR) is 66.7 cm³/mol. The molecule has 1 aromatic heterocycles. The van der Waals surface area contributed by atoms with Crippen molar-refractivity contribution in [1.29, 1.82) is 0 Å². The van der Waals surface area contributed by atoms with Crippen molar-refractivity contribution < 1.29 is 19.4 Å². The van der Waals surface area contributed by atoms with Crippen molar-refractivity contribution in [2.24, 2.45) is 0 Å². The number of aromatic nitrogens is 2. The average molecular weight is 272 g/mol. The molecule has 0 spiro atoms. The SMILES string of the molecule is CCOC(=O)C(C)n1c(C)cnc1SCC(=O)O. The lowest BCUT2D eigenvalue weighted by Crippen LogP contribution is -2.21. The minimum atomic E-state index is -0.920. The topological polar surface area (TPSA) is 81.4 Å². The fraction of sp³-hybridized carbons (Fsp3) is 0.545. The zero-order chi connectivity index (χ0) is 13.7. The summed E-state index contributed by atoms with van der Waals surface area (Å²) in [7, 11) is 0. The first kappa shape index (κ1) is 14.6. The highest BCUT2D eigenvalue weighted by Gasteiger charge is 2.21. The summed E-state index contributed by atoms with van der Waals surface area (Å²) in [4.78, 5) is 26.3. The number of esters is 1. The summed E-state index contributed by atoms with van der Waals surface area (Å²) in [5.74, 6) is -1.36. The highest BCUT2D eigenvalue weighted by molar-refractivity contribution is 7.99. The summed E-state index contributed by atoms with van der Waals surface area (Å²) in [5.41, 5.74) is 0.795. The van der Waals surface area contributed by atoms with Gasteiger partial charge >= 0.3 is 11.9 Å². The molecule has 0 saturated heterocycles. The smallest absolute Gasteiger partial charge is 0.328 e. The molecule has 18 heavy (non-hydrogen) atoms. The molecule has 0 bridgehead atoms. The number of nitrogens with zero attached hydrogens (tertiary/aromatic N) is 2. The second-order valence-electron chi connectivity index (χ2n) is 3.66. The van der Waals surface area contributed by atoms with Crippen LogP contribution in [-0.2, 0) is 14.3 Å². The third-order valence-electron chi connectivity index (χ3n) is 2.29. The first-order chi connectivity index (χ1) is 8.47. The number of ether oxygens (including phenoxy) is 1. The number of carbonyl (C=O) groups is 2. The van der Waals surface area contributed by atoms with Crippen LogP contribution in [0.3, 0.4) is 0 Å². The average Bonchev–Trinajstić information content (AvgIpc) is 2.67. The molecule has 0 aromatic carbocycles. The molecule has 1 atom stereocenters. The van der Waals surface area contributed by atoms with Gasteiger partial charge in [0.05, 0.1) is 12.4 Å². The Morgan fingerprint density at radius 2 is 2.28 bits per heavy atom. The van der Waals surface area contributed by atoms with Crippen LogP contribution in [0.2, 0.25) is 0 Å². The van der Waals surface area contributed by atoms with Gasteiger partial charge in [0.15, 0.2) is 5.16 Å². The maximum Gasteiger partial charge on any atom is 0.328 e. The van der Waals surface area contributed by atoms with Gasteiger partial charge in [0, 0.05) is 11.9 Å². The molecule has 0 radical (unpaired) electrons.